The molecule has 5 nitrogen and oxygen atoms in total. The van der Waals surface area contributed by atoms with Gasteiger partial charge in [0.15, 0.2) is 0 Å². The molecule has 2 aliphatic heterocycles. The first-order valence-corrected chi connectivity index (χ1v) is 9.03. The summed E-state index contributed by atoms with van der Waals surface area (Å²) in [4.78, 5) is 17.3. The summed E-state index contributed by atoms with van der Waals surface area (Å²) in [6.07, 6.45) is 3.26. The first-order chi connectivity index (χ1) is 12.3. The largest absolute Gasteiger partial charge is 0.467 e. The number of nitrogens with zero attached hydrogens (tertiary/aromatic N) is 2. The Morgan fingerprint density at radius 2 is 2.00 bits per heavy atom. The molecule has 0 N–H and O–H groups in total. The second kappa shape index (κ2) is 7.42. The standard InChI is InChI=1S/C20H24N2O3/c23-20(22-10-4-8-17(22)18-9-5-12-24-18)19-15-21(11-13-25-19)14-16-6-2-1-3-7-16/h1-3,5-7,9,12,17,19H,4,8,10-11,13-15H2/t17-,19+/m1/s1. The van der Waals surface area contributed by atoms with Gasteiger partial charge in [-0.2, -0.15) is 0 Å². The molecule has 0 saturated carbocycles. The Morgan fingerprint density at radius 1 is 1.12 bits per heavy atom. The van der Waals surface area contributed by atoms with E-state index >= 15 is 0 Å². The monoisotopic (exact) mass is 340 g/mol. The Hall–Kier alpha value is -2.11. The van der Waals surface area contributed by atoms with Crippen LogP contribution in [0, 0.1) is 0 Å². The minimum atomic E-state index is -0.381. The summed E-state index contributed by atoms with van der Waals surface area (Å²) in [5, 5.41) is 0. The van der Waals surface area contributed by atoms with Crippen LogP contribution in [0.25, 0.3) is 0 Å². The minimum absolute atomic E-state index is 0.0515. The van der Waals surface area contributed by atoms with E-state index in [1.807, 2.05) is 23.1 Å². The van der Waals surface area contributed by atoms with Gasteiger partial charge in [-0.1, -0.05) is 30.3 Å². The molecular formula is C20H24N2O3. The summed E-state index contributed by atoms with van der Waals surface area (Å²) in [6, 6.07) is 14.3. The molecule has 132 valence electrons. The smallest absolute Gasteiger partial charge is 0.253 e. The molecule has 2 saturated heterocycles. The van der Waals surface area contributed by atoms with Gasteiger partial charge in [0.1, 0.15) is 11.9 Å². The second-order valence-corrected chi connectivity index (χ2v) is 6.79. The molecule has 4 rings (SSSR count). The van der Waals surface area contributed by atoms with E-state index in [2.05, 4.69) is 29.2 Å². The number of rotatable bonds is 4. The molecule has 1 amide bonds. The summed E-state index contributed by atoms with van der Waals surface area (Å²) >= 11 is 0. The van der Waals surface area contributed by atoms with E-state index in [-0.39, 0.29) is 18.1 Å². The van der Waals surface area contributed by atoms with E-state index in [0.717, 1.165) is 38.2 Å². The quantitative estimate of drug-likeness (QED) is 0.859. The zero-order valence-electron chi connectivity index (χ0n) is 14.3. The highest BCUT2D eigenvalue weighted by Crippen LogP contribution is 2.33. The fraction of sp³-hybridized carbons (Fsp3) is 0.450. The molecule has 2 atom stereocenters. The predicted molar refractivity (Wildman–Crippen MR) is 93.9 cm³/mol. The zero-order valence-corrected chi connectivity index (χ0v) is 14.3. The van der Waals surface area contributed by atoms with Gasteiger partial charge in [0.05, 0.1) is 18.9 Å². The number of carbonyl (C=O) groups excluding carboxylic acids is 1. The molecule has 25 heavy (non-hydrogen) atoms. The molecule has 0 aliphatic carbocycles. The van der Waals surface area contributed by atoms with Gasteiger partial charge < -0.3 is 14.1 Å². The highest BCUT2D eigenvalue weighted by Gasteiger charge is 2.37. The van der Waals surface area contributed by atoms with Gasteiger partial charge in [0.25, 0.3) is 5.91 Å². The van der Waals surface area contributed by atoms with E-state index in [1.165, 1.54) is 5.56 Å². The molecule has 1 aromatic heterocycles. The summed E-state index contributed by atoms with van der Waals surface area (Å²) in [6.45, 7) is 3.75. The van der Waals surface area contributed by atoms with E-state index in [1.54, 1.807) is 6.26 Å². The maximum absolute atomic E-state index is 13.0. The number of hydrogen-bond acceptors (Lipinski definition) is 4. The molecule has 3 heterocycles. The number of benzene rings is 1. The van der Waals surface area contributed by atoms with E-state index in [0.29, 0.717) is 13.2 Å². The fourth-order valence-corrected chi connectivity index (χ4v) is 3.83. The number of ether oxygens (including phenoxy) is 1. The average Bonchev–Trinajstić information content (AvgIpc) is 3.33. The van der Waals surface area contributed by atoms with Crippen molar-refractivity contribution in [2.24, 2.45) is 0 Å². The molecule has 2 aliphatic rings. The second-order valence-electron chi connectivity index (χ2n) is 6.79. The van der Waals surface area contributed by atoms with E-state index < -0.39 is 0 Å². The lowest BCUT2D eigenvalue weighted by atomic mass is 10.1. The lowest BCUT2D eigenvalue weighted by Gasteiger charge is -2.35. The van der Waals surface area contributed by atoms with Crippen LogP contribution >= 0.6 is 0 Å². The average molecular weight is 340 g/mol. The molecule has 5 heteroatoms. The molecule has 0 bridgehead atoms. The SMILES string of the molecule is O=C([C@@H]1CN(Cc2ccccc2)CCO1)N1CCC[C@@H]1c1ccco1. The molecule has 2 aromatic rings. The molecule has 0 radical (unpaired) electrons. The molecule has 0 spiro atoms. The zero-order chi connectivity index (χ0) is 17.1. The number of furan rings is 1. The number of likely N-dealkylation sites (tertiary alicyclic amines) is 1. The Kier molecular flexibility index (Phi) is 4.85. The number of hydrogen-bond donors (Lipinski definition) is 0. The van der Waals surface area contributed by atoms with Gasteiger partial charge in [-0.25, -0.2) is 0 Å². The maximum Gasteiger partial charge on any atom is 0.253 e. The van der Waals surface area contributed by atoms with Crippen molar-refractivity contribution in [1.82, 2.24) is 9.80 Å². The molecule has 0 unspecified atom stereocenters. The number of amides is 1. The minimum Gasteiger partial charge on any atom is -0.467 e. The third kappa shape index (κ3) is 3.62. The predicted octanol–water partition coefficient (Wildman–Crippen LogP) is 2.84. The number of morpholine rings is 1. The van der Waals surface area contributed by atoms with Crippen molar-refractivity contribution < 1.29 is 13.9 Å². The molecular weight excluding hydrogens is 316 g/mol. The Labute approximate surface area is 148 Å². The van der Waals surface area contributed by atoms with Crippen LogP contribution in [0.4, 0.5) is 0 Å². The lowest BCUT2D eigenvalue weighted by Crippen LogP contribution is -2.50. The van der Waals surface area contributed by atoms with E-state index in [9.17, 15) is 4.79 Å². The number of carbonyl (C=O) groups is 1. The highest BCUT2D eigenvalue weighted by atomic mass is 16.5. The first-order valence-electron chi connectivity index (χ1n) is 9.03. The lowest BCUT2D eigenvalue weighted by molar-refractivity contribution is -0.151. The first kappa shape index (κ1) is 16.4. The Balaban J connectivity index is 1.41. The summed E-state index contributed by atoms with van der Waals surface area (Å²) in [5.41, 5.74) is 1.27. The van der Waals surface area contributed by atoms with Crippen molar-refractivity contribution in [3.8, 4) is 0 Å². The van der Waals surface area contributed by atoms with Crippen molar-refractivity contribution in [2.45, 2.75) is 31.5 Å². The van der Waals surface area contributed by atoms with Crippen LogP contribution in [0.15, 0.2) is 53.1 Å². The van der Waals surface area contributed by atoms with Crippen molar-refractivity contribution in [1.29, 1.82) is 0 Å². The van der Waals surface area contributed by atoms with Gasteiger partial charge in [-0.15, -0.1) is 0 Å². The van der Waals surface area contributed by atoms with Gasteiger partial charge in [-0.3, -0.25) is 9.69 Å². The van der Waals surface area contributed by atoms with Crippen molar-refractivity contribution in [3.63, 3.8) is 0 Å². The topological polar surface area (TPSA) is 45.9 Å². The maximum atomic E-state index is 13.0. The van der Waals surface area contributed by atoms with Crippen LogP contribution in [0.3, 0.4) is 0 Å². The summed E-state index contributed by atoms with van der Waals surface area (Å²) in [7, 11) is 0. The van der Waals surface area contributed by atoms with Gasteiger partial charge in [-0.05, 0) is 30.5 Å². The van der Waals surface area contributed by atoms with Gasteiger partial charge >= 0.3 is 0 Å². The van der Waals surface area contributed by atoms with Crippen LogP contribution in [0.5, 0.6) is 0 Å². The summed E-state index contributed by atoms with van der Waals surface area (Å²) < 4.78 is 11.4. The van der Waals surface area contributed by atoms with Crippen molar-refractivity contribution >= 4 is 5.91 Å². The van der Waals surface area contributed by atoms with Crippen molar-refractivity contribution in [2.75, 3.05) is 26.2 Å². The van der Waals surface area contributed by atoms with Gasteiger partial charge in [0, 0.05) is 26.2 Å². The van der Waals surface area contributed by atoms with Gasteiger partial charge in [0.2, 0.25) is 0 Å². The summed E-state index contributed by atoms with van der Waals surface area (Å²) in [5.74, 6) is 0.972. The van der Waals surface area contributed by atoms with Crippen LogP contribution in [-0.2, 0) is 16.1 Å². The molecule has 1 aromatic carbocycles. The highest BCUT2D eigenvalue weighted by molar-refractivity contribution is 5.82. The van der Waals surface area contributed by atoms with E-state index in [4.69, 9.17) is 9.15 Å². The third-order valence-electron chi connectivity index (χ3n) is 5.08. The third-order valence-corrected chi connectivity index (χ3v) is 5.08. The van der Waals surface area contributed by atoms with Crippen LogP contribution in [0.1, 0.15) is 30.2 Å². The normalized spacial score (nSPS) is 24.6. The van der Waals surface area contributed by atoms with Crippen molar-refractivity contribution in [3.05, 3.63) is 60.1 Å². The Morgan fingerprint density at radius 3 is 2.80 bits per heavy atom. The van der Waals surface area contributed by atoms with Crippen LogP contribution < -0.4 is 0 Å². The Bertz CT molecular complexity index is 686. The van der Waals surface area contributed by atoms with Crippen LogP contribution in [0.2, 0.25) is 0 Å². The fourth-order valence-electron chi connectivity index (χ4n) is 3.83. The van der Waals surface area contributed by atoms with Crippen LogP contribution in [-0.4, -0.2) is 48.1 Å². The molecule has 2 fully saturated rings.